The Balaban J connectivity index is 2.32. The monoisotopic (exact) mass is 473 g/mol. The molecule has 8 heteroatoms. The number of benzene rings is 2. The number of rotatable bonds is 12. The summed E-state index contributed by atoms with van der Waals surface area (Å²) >= 11 is 0. The van der Waals surface area contributed by atoms with Crippen LogP contribution in [0.25, 0.3) is 0 Å². The molecule has 180 valence electrons. The molecule has 2 rings (SSSR count). The molecular weight excluding hydrogens is 438 g/mol. The minimum atomic E-state index is -3.71. The van der Waals surface area contributed by atoms with E-state index in [9.17, 15) is 18.0 Å². The first-order valence-electron chi connectivity index (χ1n) is 11.3. The number of anilines is 1. The fourth-order valence-corrected chi connectivity index (χ4v) is 4.44. The number of nitrogens with one attached hydrogen (secondary N) is 1. The molecule has 0 heterocycles. The van der Waals surface area contributed by atoms with E-state index < -0.39 is 22.0 Å². The first kappa shape index (κ1) is 26.4. The van der Waals surface area contributed by atoms with Gasteiger partial charge in [0.25, 0.3) is 0 Å². The number of hydrogen-bond acceptors (Lipinski definition) is 4. The van der Waals surface area contributed by atoms with Crippen molar-refractivity contribution in [2.24, 2.45) is 0 Å². The van der Waals surface area contributed by atoms with Gasteiger partial charge < -0.3 is 10.2 Å². The van der Waals surface area contributed by atoms with Crippen molar-refractivity contribution < 1.29 is 18.0 Å². The zero-order valence-corrected chi connectivity index (χ0v) is 20.8. The van der Waals surface area contributed by atoms with Gasteiger partial charge in [-0.15, -0.1) is 0 Å². The Bertz CT molecular complexity index is 1010. The van der Waals surface area contributed by atoms with Gasteiger partial charge >= 0.3 is 0 Å². The van der Waals surface area contributed by atoms with Crippen molar-refractivity contribution in [3.05, 3.63) is 65.7 Å². The standard InChI is InChI=1S/C25H35N3O4S/c1-5-17-26-25(30)23(6-2)27(18-16-21-10-8-7-9-11-21)24(29)19-28(33(4,31)32)22-14-12-20(3)13-15-22/h7-15,23H,5-6,16-19H2,1-4H3,(H,26,30). The smallest absolute Gasteiger partial charge is 0.244 e. The second kappa shape index (κ2) is 12.4. The van der Waals surface area contributed by atoms with Gasteiger partial charge in [0, 0.05) is 13.1 Å². The number of nitrogens with zero attached hydrogens (tertiary/aromatic N) is 2. The Labute approximate surface area is 197 Å². The Morgan fingerprint density at radius 2 is 1.64 bits per heavy atom. The van der Waals surface area contributed by atoms with Crippen LogP contribution in [0.15, 0.2) is 54.6 Å². The molecule has 2 aromatic rings. The molecule has 0 spiro atoms. The third-order valence-corrected chi connectivity index (χ3v) is 6.56. The molecule has 1 atom stereocenters. The number of aryl methyl sites for hydroxylation is 1. The summed E-state index contributed by atoms with van der Waals surface area (Å²) in [4.78, 5) is 27.8. The van der Waals surface area contributed by atoms with Crippen molar-refractivity contribution in [2.75, 3.05) is 30.2 Å². The Kier molecular flexibility index (Phi) is 9.91. The zero-order chi connectivity index (χ0) is 24.4. The largest absolute Gasteiger partial charge is 0.354 e. The fraction of sp³-hybridized carbons (Fsp3) is 0.440. The highest BCUT2D eigenvalue weighted by molar-refractivity contribution is 7.92. The molecule has 0 radical (unpaired) electrons. The zero-order valence-electron chi connectivity index (χ0n) is 20.0. The summed E-state index contributed by atoms with van der Waals surface area (Å²) in [7, 11) is -3.71. The van der Waals surface area contributed by atoms with Crippen molar-refractivity contribution in [1.29, 1.82) is 0 Å². The minimum Gasteiger partial charge on any atom is -0.354 e. The highest BCUT2D eigenvalue weighted by Crippen LogP contribution is 2.19. The summed E-state index contributed by atoms with van der Waals surface area (Å²) in [5, 5.41) is 2.87. The van der Waals surface area contributed by atoms with Crippen molar-refractivity contribution >= 4 is 27.5 Å². The van der Waals surface area contributed by atoms with E-state index in [1.54, 1.807) is 24.3 Å². The quantitative estimate of drug-likeness (QED) is 0.513. The molecular formula is C25H35N3O4S. The molecule has 0 saturated carbocycles. The number of hydrogen-bond donors (Lipinski definition) is 1. The lowest BCUT2D eigenvalue weighted by Gasteiger charge is -2.32. The van der Waals surface area contributed by atoms with Crippen molar-refractivity contribution in [3.8, 4) is 0 Å². The lowest BCUT2D eigenvalue weighted by atomic mass is 10.1. The molecule has 7 nitrogen and oxygen atoms in total. The van der Waals surface area contributed by atoms with Crippen LogP contribution in [-0.2, 0) is 26.0 Å². The average Bonchev–Trinajstić information content (AvgIpc) is 2.79. The van der Waals surface area contributed by atoms with E-state index in [1.165, 1.54) is 4.90 Å². The van der Waals surface area contributed by atoms with Gasteiger partial charge in [0.1, 0.15) is 12.6 Å². The molecule has 0 aromatic heterocycles. The lowest BCUT2D eigenvalue weighted by molar-refractivity contribution is -0.139. The first-order chi connectivity index (χ1) is 15.7. The predicted molar refractivity (Wildman–Crippen MR) is 133 cm³/mol. The number of carbonyl (C=O) groups excluding carboxylic acids is 2. The SMILES string of the molecule is CCCNC(=O)C(CC)N(CCc1ccccc1)C(=O)CN(c1ccc(C)cc1)S(C)(=O)=O. The van der Waals surface area contributed by atoms with E-state index in [1.807, 2.05) is 51.1 Å². The highest BCUT2D eigenvalue weighted by Gasteiger charge is 2.31. The average molecular weight is 474 g/mol. The molecule has 0 aliphatic heterocycles. The van der Waals surface area contributed by atoms with Crippen LogP contribution in [0, 0.1) is 6.92 Å². The van der Waals surface area contributed by atoms with E-state index in [2.05, 4.69) is 5.32 Å². The normalized spacial score (nSPS) is 12.1. The number of sulfonamides is 1. The number of amides is 2. The molecule has 2 aromatic carbocycles. The third kappa shape index (κ3) is 7.89. The van der Waals surface area contributed by atoms with Crippen molar-refractivity contribution in [1.82, 2.24) is 10.2 Å². The third-order valence-electron chi connectivity index (χ3n) is 5.42. The topological polar surface area (TPSA) is 86.8 Å². The van der Waals surface area contributed by atoms with Gasteiger partial charge in [-0.1, -0.05) is 61.9 Å². The maximum atomic E-state index is 13.5. The van der Waals surface area contributed by atoms with Gasteiger partial charge in [-0.3, -0.25) is 13.9 Å². The van der Waals surface area contributed by atoms with Crippen LogP contribution >= 0.6 is 0 Å². The predicted octanol–water partition coefficient (Wildman–Crippen LogP) is 3.14. The molecule has 0 aliphatic rings. The molecule has 1 unspecified atom stereocenters. The highest BCUT2D eigenvalue weighted by atomic mass is 32.2. The van der Waals surface area contributed by atoms with E-state index in [4.69, 9.17) is 0 Å². The van der Waals surface area contributed by atoms with Crippen LogP contribution in [-0.4, -0.2) is 57.1 Å². The molecule has 0 bridgehead atoms. The van der Waals surface area contributed by atoms with Crippen molar-refractivity contribution in [3.63, 3.8) is 0 Å². The van der Waals surface area contributed by atoms with Gasteiger partial charge in [0.15, 0.2) is 0 Å². The molecule has 0 aliphatic carbocycles. The summed E-state index contributed by atoms with van der Waals surface area (Å²) in [5.41, 5.74) is 2.45. The van der Waals surface area contributed by atoms with E-state index in [0.717, 1.165) is 28.1 Å². The van der Waals surface area contributed by atoms with Gasteiger partial charge in [-0.25, -0.2) is 8.42 Å². The van der Waals surface area contributed by atoms with Gasteiger partial charge in [-0.2, -0.15) is 0 Å². The van der Waals surface area contributed by atoms with Gasteiger partial charge in [0.2, 0.25) is 21.8 Å². The van der Waals surface area contributed by atoms with Crippen molar-refractivity contribution in [2.45, 2.75) is 46.1 Å². The van der Waals surface area contributed by atoms with Crippen LogP contribution in [0.3, 0.4) is 0 Å². The molecule has 1 N–H and O–H groups in total. The summed E-state index contributed by atoms with van der Waals surface area (Å²) in [6, 6.07) is 16.0. The Morgan fingerprint density at radius 1 is 1.00 bits per heavy atom. The second-order valence-electron chi connectivity index (χ2n) is 8.14. The molecule has 0 saturated heterocycles. The number of carbonyl (C=O) groups is 2. The van der Waals surface area contributed by atoms with Crippen LogP contribution in [0.4, 0.5) is 5.69 Å². The molecule has 2 amide bonds. The van der Waals surface area contributed by atoms with E-state index >= 15 is 0 Å². The van der Waals surface area contributed by atoms with Crippen LogP contribution in [0.2, 0.25) is 0 Å². The summed E-state index contributed by atoms with van der Waals surface area (Å²) in [6.45, 7) is 6.19. The summed E-state index contributed by atoms with van der Waals surface area (Å²) in [6.07, 6.45) is 2.86. The maximum absolute atomic E-state index is 13.5. The Hall–Kier alpha value is -2.87. The van der Waals surface area contributed by atoms with Gasteiger partial charge in [-0.05, 0) is 43.9 Å². The van der Waals surface area contributed by atoms with Crippen LogP contribution < -0.4 is 9.62 Å². The van der Waals surface area contributed by atoms with Crippen LogP contribution in [0.5, 0.6) is 0 Å². The summed E-state index contributed by atoms with van der Waals surface area (Å²) < 4.78 is 26.2. The molecule has 0 fully saturated rings. The first-order valence-corrected chi connectivity index (χ1v) is 13.2. The Morgan fingerprint density at radius 3 is 2.18 bits per heavy atom. The lowest BCUT2D eigenvalue weighted by Crippen LogP contribution is -2.53. The molecule has 33 heavy (non-hydrogen) atoms. The summed E-state index contributed by atoms with van der Waals surface area (Å²) in [5.74, 6) is -0.627. The fourth-order valence-electron chi connectivity index (χ4n) is 3.59. The second-order valence-corrected chi connectivity index (χ2v) is 10.0. The minimum absolute atomic E-state index is 0.220. The van der Waals surface area contributed by atoms with Crippen LogP contribution in [0.1, 0.15) is 37.8 Å². The maximum Gasteiger partial charge on any atom is 0.244 e. The van der Waals surface area contributed by atoms with E-state index in [0.29, 0.717) is 31.6 Å². The van der Waals surface area contributed by atoms with E-state index in [-0.39, 0.29) is 12.5 Å². The van der Waals surface area contributed by atoms with Gasteiger partial charge in [0.05, 0.1) is 11.9 Å².